The molecule has 26 heavy (non-hydrogen) atoms. The number of guanidine groups is 1. The highest BCUT2D eigenvalue weighted by atomic mass is 127. The summed E-state index contributed by atoms with van der Waals surface area (Å²) in [5.74, 6) is 2.97. The molecule has 1 saturated carbocycles. The molecule has 1 heterocycles. The summed E-state index contributed by atoms with van der Waals surface area (Å²) < 4.78 is 1.79. The summed E-state index contributed by atoms with van der Waals surface area (Å²) in [5, 5.41) is 7.69. The molecule has 0 spiro atoms. The zero-order valence-corrected chi connectivity index (χ0v) is 18.5. The van der Waals surface area contributed by atoms with Crippen LogP contribution in [-0.2, 0) is 13.6 Å². The third-order valence-electron chi connectivity index (χ3n) is 4.89. The van der Waals surface area contributed by atoms with E-state index in [1.165, 1.54) is 11.1 Å². The summed E-state index contributed by atoms with van der Waals surface area (Å²) in [5.41, 5.74) is 2.81. The molecule has 1 aliphatic rings. The van der Waals surface area contributed by atoms with Crippen molar-refractivity contribution in [2.75, 3.05) is 14.1 Å². The largest absolute Gasteiger partial charge is 0.353 e. The number of aryl methyl sites for hydroxylation is 1. The lowest BCUT2D eigenvalue weighted by Crippen LogP contribution is -2.40. The van der Waals surface area contributed by atoms with Crippen LogP contribution in [-0.4, -0.2) is 45.8 Å². The fourth-order valence-electron chi connectivity index (χ4n) is 3.11. The zero-order valence-electron chi connectivity index (χ0n) is 16.2. The van der Waals surface area contributed by atoms with Crippen molar-refractivity contribution >= 4 is 29.9 Å². The Kier molecular flexibility index (Phi) is 7.02. The summed E-state index contributed by atoms with van der Waals surface area (Å²) in [6, 6.07) is 9.50. The molecule has 7 heteroatoms. The van der Waals surface area contributed by atoms with Gasteiger partial charge in [0.1, 0.15) is 12.2 Å². The third kappa shape index (κ3) is 4.75. The molecule has 2 aromatic rings. The topological polar surface area (TPSA) is 58.3 Å². The molecular weight excluding hydrogens is 439 g/mol. The average Bonchev–Trinajstić information content (AvgIpc) is 3.27. The van der Waals surface area contributed by atoms with Gasteiger partial charge in [-0.2, -0.15) is 5.10 Å². The van der Waals surface area contributed by atoms with Crippen LogP contribution in [0.5, 0.6) is 0 Å². The fraction of sp³-hybridized carbons (Fsp3) is 0.526. The summed E-state index contributed by atoms with van der Waals surface area (Å²) in [6.07, 6.45) is 2.73. The summed E-state index contributed by atoms with van der Waals surface area (Å²) in [4.78, 5) is 10.8. The molecule has 3 rings (SSSR count). The number of nitrogens with one attached hydrogen (secondary N) is 1. The van der Waals surface area contributed by atoms with Crippen LogP contribution in [0.1, 0.15) is 49.1 Å². The third-order valence-corrected chi connectivity index (χ3v) is 4.89. The van der Waals surface area contributed by atoms with Crippen molar-refractivity contribution in [3.63, 3.8) is 0 Å². The fourth-order valence-corrected chi connectivity index (χ4v) is 3.11. The van der Waals surface area contributed by atoms with E-state index in [0.29, 0.717) is 24.4 Å². The number of halogens is 1. The Morgan fingerprint density at radius 3 is 2.58 bits per heavy atom. The van der Waals surface area contributed by atoms with Crippen molar-refractivity contribution < 1.29 is 0 Å². The van der Waals surface area contributed by atoms with Gasteiger partial charge < -0.3 is 10.2 Å². The highest BCUT2D eigenvalue weighted by Crippen LogP contribution is 2.41. The smallest absolute Gasteiger partial charge is 0.194 e. The second-order valence-corrected chi connectivity index (χ2v) is 7.12. The van der Waals surface area contributed by atoms with Crippen molar-refractivity contribution in [3.05, 3.63) is 47.5 Å². The highest BCUT2D eigenvalue weighted by Gasteiger charge is 2.39. The second-order valence-electron chi connectivity index (χ2n) is 7.12. The molecule has 1 N–H and O–H groups in total. The maximum atomic E-state index is 4.42. The quantitative estimate of drug-likeness (QED) is 0.416. The number of hydrogen-bond donors (Lipinski definition) is 1. The van der Waals surface area contributed by atoms with Crippen molar-refractivity contribution in [1.29, 1.82) is 0 Å². The first-order valence-corrected chi connectivity index (χ1v) is 8.86. The van der Waals surface area contributed by atoms with Crippen molar-refractivity contribution in [3.8, 4) is 0 Å². The molecule has 1 aromatic heterocycles. The van der Waals surface area contributed by atoms with Gasteiger partial charge >= 0.3 is 0 Å². The SMILES string of the molecule is CN=C(NC1CC1c1ccc(C(C)C)cc1)N(C)Cc1ncnn1C.I. The van der Waals surface area contributed by atoms with Gasteiger partial charge in [0.05, 0.1) is 6.54 Å². The van der Waals surface area contributed by atoms with Crippen LogP contribution < -0.4 is 5.32 Å². The Morgan fingerprint density at radius 1 is 1.35 bits per heavy atom. The summed E-state index contributed by atoms with van der Waals surface area (Å²) >= 11 is 0. The van der Waals surface area contributed by atoms with Crippen LogP contribution in [0.3, 0.4) is 0 Å². The molecule has 1 fully saturated rings. The Morgan fingerprint density at radius 2 is 2.04 bits per heavy atom. The Bertz CT molecular complexity index is 737. The molecule has 0 saturated heterocycles. The van der Waals surface area contributed by atoms with E-state index in [2.05, 4.69) is 63.4 Å². The number of benzene rings is 1. The van der Waals surface area contributed by atoms with Gasteiger partial charge in [0, 0.05) is 33.1 Å². The molecule has 2 atom stereocenters. The van der Waals surface area contributed by atoms with Crippen LogP contribution >= 0.6 is 24.0 Å². The summed E-state index contributed by atoms with van der Waals surface area (Å²) in [6.45, 7) is 5.14. The Hall–Kier alpha value is -1.64. The lowest BCUT2D eigenvalue weighted by atomic mass is 10.0. The van der Waals surface area contributed by atoms with E-state index >= 15 is 0 Å². The first-order valence-electron chi connectivity index (χ1n) is 8.86. The van der Waals surface area contributed by atoms with Crippen LogP contribution in [0, 0.1) is 0 Å². The second kappa shape index (κ2) is 8.83. The standard InChI is InChI=1S/C19H28N6.HI/c1-13(2)14-6-8-15(9-7-14)16-10-17(16)23-19(20-3)24(4)11-18-21-12-22-25(18)5;/h6-9,12-13,16-17H,10-11H2,1-5H3,(H,20,23);1H. The van der Waals surface area contributed by atoms with Crippen molar-refractivity contribution in [1.82, 2.24) is 25.0 Å². The molecule has 6 nitrogen and oxygen atoms in total. The van der Waals surface area contributed by atoms with E-state index in [4.69, 9.17) is 0 Å². The molecule has 1 aliphatic carbocycles. The Labute approximate surface area is 173 Å². The lowest BCUT2D eigenvalue weighted by Gasteiger charge is -2.21. The van der Waals surface area contributed by atoms with Gasteiger partial charge in [-0.3, -0.25) is 9.67 Å². The molecule has 1 aromatic carbocycles. The van der Waals surface area contributed by atoms with Crippen molar-refractivity contribution in [2.24, 2.45) is 12.0 Å². The maximum Gasteiger partial charge on any atom is 0.194 e. The van der Waals surface area contributed by atoms with Gasteiger partial charge in [-0.15, -0.1) is 24.0 Å². The monoisotopic (exact) mass is 468 g/mol. The van der Waals surface area contributed by atoms with Crippen LogP contribution in [0.15, 0.2) is 35.6 Å². The summed E-state index contributed by atoms with van der Waals surface area (Å²) in [7, 11) is 5.76. The van der Waals surface area contributed by atoms with E-state index in [9.17, 15) is 0 Å². The van der Waals surface area contributed by atoms with Crippen LogP contribution in [0.25, 0.3) is 0 Å². The number of hydrogen-bond acceptors (Lipinski definition) is 3. The van der Waals surface area contributed by atoms with Crippen LogP contribution in [0.2, 0.25) is 0 Å². The van der Waals surface area contributed by atoms with Gasteiger partial charge in [-0.1, -0.05) is 38.1 Å². The van der Waals surface area contributed by atoms with Gasteiger partial charge in [0.2, 0.25) is 0 Å². The van der Waals surface area contributed by atoms with Crippen molar-refractivity contribution in [2.45, 2.75) is 44.7 Å². The predicted molar refractivity (Wildman–Crippen MR) is 116 cm³/mol. The van der Waals surface area contributed by atoms with Crippen LogP contribution in [0.4, 0.5) is 0 Å². The number of rotatable bonds is 5. The number of aliphatic imine (C=N–C) groups is 1. The molecule has 0 radical (unpaired) electrons. The highest BCUT2D eigenvalue weighted by molar-refractivity contribution is 14.0. The predicted octanol–water partition coefficient (Wildman–Crippen LogP) is 3.12. The molecule has 0 bridgehead atoms. The molecular formula is C19H29IN6. The van der Waals surface area contributed by atoms with Gasteiger partial charge in [-0.05, 0) is 23.5 Å². The minimum atomic E-state index is 0. The molecule has 0 amide bonds. The van der Waals surface area contributed by atoms with E-state index in [0.717, 1.165) is 18.2 Å². The van der Waals surface area contributed by atoms with E-state index in [1.54, 1.807) is 11.0 Å². The van der Waals surface area contributed by atoms with Gasteiger partial charge in [0.15, 0.2) is 5.96 Å². The van der Waals surface area contributed by atoms with E-state index in [1.807, 2.05) is 21.1 Å². The molecule has 0 aliphatic heterocycles. The Balaban J connectivity index is 0.00000243. The molecule has 2 unspecified atom stereocenters. The normalized spacial score (nSPS) is 19.2. The lowest BCUT2D eigenvalue weighted by molar-refractivity contribution is 0.447. The average molecular weight is 468 g/mol. The maximum absolute atomic E-state index is 4.42. The number of nitrogens with zero attached hydrogens (tertiary/aromatic N) is 5. The first-order chi connectivity index (χ1) is 12.0. The molecule has 142 valence electrons. The van der Waals surface area contributed by atoms with Gasteiger partial charge in [0.25, 0.3) is 0 Å². The minimum absolute atomic E-state index is 0. The zero-order chi connectivity index (χ0) is 18.0. The number of aromatic nitrogens is 3. The first kappa shape index (κ1) is 20.7. The minimum Gasteiger partial charge on any atom is -0.353 e. The van der Waals surface area contributed by atoms with E-state index in [-0.39, 0.29) is 24.0 Å². The van der Waals surface area contributed by atoms with E-state index < -0.39 is 0 Å². The van der Waals surface area contributed by atoms with Gasteiger partial charge in [-0.25, -0.2) is 4.98 Å².